The van der Waals surface area contributed by atoms with Gasteiger partial charge in [-0.1, -0.05) is 41.9 Å². The van der Waals surface area contributed by atoms with Crippen molar-refractivity contribution in [2.75, 3.05) is 7.11 Å². The Labute approximate surface area is 240 Å². The van der Waals surface area contributed by atoms with Crippen molar-refractivity contribution >= 4 is 61.3 Å². The van der Waals surface area contributed by atoms with Crippen LogP contribution in [0.2, 0.25) is 0 Å². The van der Waals surface area contributed by atoms with E-state index in [2.05, 4.69) is 43.6 Å². The Hall–Kier alpha value is -3.32. The summed E-state index contributed by atoms with van der Waals surface area (Å²) < 4.78 is 14.4. The molecule has 1 atom stereocenters. The molecular formula is C27H24BrIN4O5. The third-order valence-electron chi connectivity index (χ3n) is 5.97. The summed E-state index contributed by atoms with van der Waals surface area (Å²) in [6.07, 6.45) is 2.39. The smallest absolute Gasteiger partial charge is 0.282 e. The van der Waals surface area contributed by atoms with Gasteiger partial charge in [-0.2, -0.15) is 9.78 Å². The Bertz CT molecular complexity index is 1600. The van der Waals surface area contributed by atoms with Crippen LogP contribution in [0.25, 0.3) is 10.9 Å². The number of nitro groups is 1. The Balaban J connectivity index is 1.68. The average Bonchev–Trinajstić information content (AvgIpc) is 2.91. The molecule has 11 heteroatoms. The number of fused-ring (bicyclic) bond motifs is 1. The standard InChI is InChI=1S/C27H24BrIN4O5/c1-4-16(2)26-31-23-9-8-19(28)13-21(23)27(34)32(26)30-14-18-11-22(29)25(24(12-18)37-3)38-15-17-6-5-7-20(10-17)33(35)36/h5-14,16H,4,15H2,1-3H3/t16-/m1/s1. The first-order valence-electron chi connectivity index (χ1n) is 11.7. The predicted molar refractivity (Wildman–Crippen MR) is 159 cm³/mol. The average molecular weight is 691 g/mol. The van der Waals surface area contributed by atoms with Crippen molar-refractivity contribution in [3.05, 3.63) is 100 Å². The van der Waals surface area contributed by atoms with E-state index in [9.17, 15) is 14.9 Å². The number of halogens is 2. The molecule has 0 bridgehead atoms. The molecule has 0 amide bonds. The van der Waals surface area contributed by atoms with E-state index >= 15 is 0 Å². The molecule has 0 fully saturated rings. The summed E-state index contributed by atoms with van der Waals surface area (Å²) in [6.45, 7) is 4.18. The summed E-state index contributed by atoms with van der Waals surface area (Å²) in [4.78, 5) is 28.7. The molecule has 9 nitrogen and oxygen atoms in total. The highest BCUT2D eigenvalue weighted by molar-refractivity contribution is 14.1. The molecule has 0 saturated heterocycles. The largest absolute Gasteiger partial charge is 0.493 e. The van der Waals surface area contributed by atoms with Crippen molar-refractivity contribution in [1.82, 2.24) is 9.66 Å². The summed E-state index contributed by atoms with van der Waals surface area (Å²) in [5.74, 6) is 1.58. The van der Waals surface area contributed by atoms with Crippen LogP contribution >= 0.6 is 38.5 Å². The molecule has 1 heterocycles. The van der Waals surface area contributed by atoms with Crippen LogP contribution in [-0.2, 0) is 6.61 Å². The Morgan fingerprint density at radius 3 is 2.74 bits per heavy atom. The van der Waals surface area contributed by atoms with Crippen LogP contribution in [0.15, 0.2) is 69.0 Å². The molecule has 0 radical (unpaired) electrons. The number of aromatic nitrogens is 2. The quantitative estimate of drug-likeness (QED) is 0.0842. The van der Waals surface area contributed by atoms with Gasteiger partial charge in [0.25, 0.3) is 11.2 Å². The molecule has 0 N–H and O–H groups in total. The van der Waals surface area contributed by atoms with Crippen LogP contribution in [0.3, 0.4) is 0 Å². The number of hydrogen-bond donors (Lipinski definition) is 0. The molecule has 0 aliphatic heterocycles. The van der Waals surface area contributed by atoms with Gasteiger partial charge >= 0.3 is 0 Å². The Morgan fingerprint density at radius 1 is 1.24 bits per heavy atom. The lowest BCUT2D eigenvalue weighted by atomic mass is 10.1. The zero-order valence-corrected chi connectivity index (χ0v) is 24.6. The molecular weight excluding hydrogens is 667 g/mol. The first kappa shape index (κ1) is 27.7. The number of nitrogens with zero attached hydrogens (tertiary/aromatic N) is 4. The molecule has 196 valence electrons. The molecule has 4 rings (SSSR count). The van der Waals surface area contributed by atoms with Gasteiger partial charge in [-0.05, 0) is 70.5 Å². The second-order valence-corrected chi connectivity index (χ2v) is 10.6. The number of ether oxygens (including phenoxy) is 2. The van der Waals surface area contributed by atoms with Gasteiger partial charge in [-0.15, -0.1) is 0 Å². The van der Waals surface area contributed by atoms with E-state index < -0.39 is 4.92 Å². The van der Waals surface area contributed by atoms with Gasteiger partial charge in [0.05, 0.1) is 32.7 Å². The maximum absolute atomic E-state index is 13.4. The van der Waals surface area contributed by atoms with Gasteiger partial charge in [0.2, 0.25) is 0 Å². The van der Waals surface area contributed by atoms with Crippen LogP contribution in [0.5, 0.6) is 11.5 Å². The number of benzene rings is 3. The molecule has 0 saturated carbocycles. The number of methoxy groups -OCH3 is 1. The molecule has 3 aromatic carbocycles. The third kappa shape index (κ3) is 6.04. The van der Waals surface area contributed by atoms with E-state index in [1.54, 1.807) is 30.5 Å². The minimum absolute atomic E-state index is 0.00172. The van der Waals surface area contributed by atoms with Crippen LogP contribution in [-0.4, -0.2) is 27.9 Å². The second-order valence-electron chi connectivity index (χ2n) is 8.55. The summed E-state index contributed by atoms with van der Waals surface area (Å²) >= 11 is 5.56. The van der Waals surface area contributed by atoms with Gasteiger partial charge in [0, 0.05) is 22.5 Å². The van der Waals surface area contributed by atoms with Crippen LogP contribution in [0.4, 0.5) is 5.69 Å². The first-order chi connectivity index (χ1) is 18.2. The SMILES string of the molecule is CC[C@@H](C)c1nc2ccc(Br)cc2c(=O)n1N=Cc1cc(I)c(OCc2cccc([N+](=O)[O-])c2)c(OC)c1. The fraction of sp³-hybridized carbons (Fsp3) is 0.222. The lowest BCUT2D eigenvalue weighted by molar-refractivity contribution is -0.384. The van der Waals surface area contributed by atoms with Gasteiger partial charge in [0.1, 0.15) is 12.4 Å². The highest BCUT2D eigenvalue weighted by Crippen LogP contribution is 2.34. The van der Waals surface area contributed by atoms with Crippen LogP contribution < -0.4 is 15.0 Å². The van der Waals surface area contributed by atoms with Crippen molar-refractivity contribution in [3.8, 4) is 11.5 Å². The molecule has 0 unspecified atom stereocenters. The maximum atomic E-state index is 13.4. The fourth-order valence-corrected chi connectivity index (χ4v) is 4.92. The maximum Gasteiger partial charge on any atom is 0.282 e. The topological polar surface area (TPSA) is 109 Å². The molecule has 4 aromatic rings. The van der Waals surface area contributed by atoms with E-state index in [4.69, 9.17) is 14.5 Å². The Kier molecular flexibility index (Phi) is 8.77. The number of rotatable bonds is 9. The summed E-state index contributed by atoms with van der Waals surface area (Å²) in [5, 5.41) is 16.1. The molecule has 0 spiro atoms. The lowest BCUT2D eigenvalue weighted by Gasteiger charge is -2.15. The Morgan fingerprint density at radius 2 is 2.03 bits per heavy atom. The first-order valence-corrected chi connectivity index (χ1v) is 13.6. The molecule has 0 aliphatic carbocycles. The van der Waals surface area contributed by atoms with Crippen molar-refractivity contribution in [1.29, 1.82) is 0 Å². The zero-order valence-electron chi connectivity index (χ0n) is 20.9. The van der Waals surface area contributed by atoms with E-state index in [0.717, 1.165) is 14.5 Å². The summed E-state index contributed by atoms with van der Waals surface area (Å²) in [5.41, 5.74) is 1.74. The molecule has 1 aromatic heterocycles. The van der Waals surface area contributed by atoms with Gasteiger partial charge < -0.3 is 9.47 Å². The van der Waals surface area contributed by atoms with Crippen molar-refractivity contribution in [2.24, 2.45) is 5.10 Å². The lowest BCUT2D eigenvalue weighted by Crippen LogP contribution is -2.23. The molecule has 0 aliphatic rings. The fourth-order valence-electron chi connectivity index (χ4n) is 3.77. The van der Waals surface area contributed by atoms with E-state index in [1.165, 1.54) is 23.9 Å². The van der Waals surface area contributed by atoms with E-state index in [0.29, 0.717) is 39.4 Å². The summed E-state index contributed by atoms with van der Waals surface area (Å²) in [7, 11) is 1.53. The van der Waals surface area contributed by atoms with E-state index in [1.807, 2.05) is 32.0 Å². The van der Waals surface area contributed by atoms with E-state index in [-0.39, 0.29) is 23.8 Å². The van der Waals surface area contributed by atoms with Crippen LogP contribution in [0.1, 0.15) is 43.1 Å². The zero-order chi connectivity index (χ0) is 27.4. The normalized spacial score (nSPS) is 12.1. The highest BCUT2D eigenvalue weighted by atomic mass is 127. The van der Waals surface area contributed by atoms with Gasteiger partial charge in [-0.25, -0.2) is 4.98 Å². The van der Waals surface area contributed by atoms with Crippen molar-refractivity contribution < 1.29 is 14.4 Å². The van der Waals surface area contributed by atoms with Crippen molar-refractivity contribution in [2.45, 2.75) is 32.8 Å². The molecule has 38 heavy (non-hydrogen) atoms. The number of hydrogen-bond acceptors (Lipinski definition) is 7. The number of non-ortho nitro benzene ring substituents is 1. The van der Waals surface area contributed by atoms with Gasteiger partial charge in [-0.3, -0.25) is 14.9 Å². The monoisotopic (exact) mass is 690 g/mol. The minimum atomic E-state index is -0.441. The number of nitro benzene ring substituents is 1. The highest BCUT2D eigenvalue weighted by Gasteiger charge is 2.17. The van der Waals surface area contributed by atoms with Crippen molar-refractivity contribution in [3.63, 3.8) is 0 Å². The van der Waals surface area contributed by atoms with Crippen LogP contribution in [0, 0.1) is 13.7 Å². The predicted octanol–water partition coefficient (Wildman–Crippen LogP) is 6.66. The third-order valence-corrected chi connectivity index (χ3v) is 7.26. The second kappa shape index (κ2) is 12.0. The summed E-state index contributed by atoms with van der Waals surface area (Å²) in [6, 6.07) is 15.3. The minimum Gasteiger partial charge on any atom is -0.493 e. The van der Waals surface area contributed by atoms with Gasteiger partial charge in [0.15, 0.2) is 11.5 Å².